The minimum atomic E-state index is -3.61. The maximum Gasteiger partial charge on any atom is 0.308 e. The van der Waals surface area contributed by atoms with Gasteiger partial charge in [-0.2, -0.15) is 0 Å². The molecule has 0 aromatic carbocycles. The van der Waals surface area contributed by atoms with Crippen LogP contribution in [0.2, 0.25) is 0 Å². The largest absolute Gasteiger partial charge is 0.465 e. The van der Waals surface area contributed by atoms with Crippen LogP contribution >= 0.6 is 0 Å². The second-order valence-electron chi connectivity index (χ2n) is 6.18. The van der Waals surface area contributed by atoms with Crippen LogP contribution in [0.15, 0.2) is 0 Å². The quantitative estimate of drug-likeness (QED) is 0.294. The van der Waals surface area contributed by atoms with Gasteiger partial charge in [0, 0.05) is 6.42 Å². The molecule has 22 heavy (non-hydrogen) atoms. The van der Waals surface area contributed by atoms with Crippen LogP contribution < -0.4 is 0 Å². The number of hydrogen-bond acceptors (Lipinski definition) is 2. The Morgan fingerprint density at radius 1 is 1.14 bits per heavy atom. The van der Waals surface area contributed by atoms with E-state index in [1.54, 1.807) is 0 Å². The van der Waals surface area contributed by atoms with Crippen LogP contribution in [0.25, 0.3) is 0 Å². The number of carbonyl (C=O) groups is 1. The summed E-state index contributed by atoms with van der Waals surface area (Å²) in [5, 5.41) is 0. The molecule has 0 heterocycles. The number of hydrogen-bond donors (Lipinski definition) is 0. The monoisotopic (exact) mass is 328 g/mol. The van der Waals surface area contributed by atoms with E-state index in [0.29, 0.717) is 0 Å². The van der Waals surface area contributed by atoms with E-state index in [1.165, 1.54) is 13.8 Å². The van der Waals surface area contributed by atoms with Crippen molar-refractivity contribution in [3.63, 3.8) is 0 Å². The molecule has 0 saturated carbocycles. The van der Waals surface area contributed by atoms with Crippen LogP contribution in [-0.4, -0.2) is 30.3 Å². The molecule has 0 bridgehead atoms. The number of alkyl halides is 4. The molecule has 0 amide bonds. The van der Waals surface area contributed by atoms with Gasteiger partial charge in [0.25, 0.3) is 5.92 Å². The summed E-state index contributed by atoms with van der Waals surface area (Å²) >= 11 is 0. The Kier molecular flexibility index (Phi) is 9.01. The molecule has 3 atom stereocenters. The lowest BCUT2D eigenvalue weighted by atomic mass is 9.88. The Balaban J connectivity index is 4.37. The number of ether oxygens (including phenoxy) is 1. The molecule has 2 nitrogen and oxygen atoms in total. The summed E-state index contributed by atoms with van der Waals surface area (Å²) in [4.78, 5) is 11.6. The highest BCUT2D eigenvalue weighted by molar-refractivity contribution is 5.71. The SMILES string of the molecule is CCCCOC(=O)C(C)CCC(C)(F)C(F)(F)CCC(C)F. The van der Waals surface area contributed by atoms with E-state index in [2.05, 4.69) is 0 Å². The van der Waals surface area contributed by atoms with Crippen LogP contribution in [0, 0.1) is 5.92 Å². The number of rotatable bonds is 11. The fourth-order valence-electron chi connectivity index (χ4n) is 1.89. The molecule has 0 fully saturated rings. The topological polar surface area (TPSA) is 26.3 Å². The fourth-order valence-corrected chi connectivity index (χ4v) is 1.89. The summed E-state index contributed by atoms with van der Waals surface area (Å²) in [6, 6.07) is 0. The van der Waals surface area contributed by atoms with Crippen molar-refractivity contribution < 1.29 is 27.1 Å². The van der Waals surface area contributed by atoms with Crippen molar-refractivity contribution in [3.05, 3.63) is 0 Å². The number of unbranched alkanes of at least 4 members (excludes halogenated alkanes) is 1. The van der Waals surface area contributed by atoms with E-state index in [9.17, 15) is 22.4 Å². The van der Waals surface area contributed by atoms with Crippen molar-refractivity contribution in [2.24, 2.45) is 5.92 Å². The van der Waals surface area contributed by atoms with Crippen molar-refractivity contribution in [3.8, 4) is 0 Å². The molecular weight excluding hydrogens is 300 g/mol. The predicted octanol–water partition coefficient (Wildman–Crippen LogP) is 5.25. The van der Waals surface area contributed by atoms with Gasteiger partial charge in [-0.1, -0.05) is 20.3 Å². The zero-order valence-corrected chi connectivity index (χ0v) is 13.9. The Labute approximate surface area is 130 Å². The highest BCUT2D eigenvalue weighted by Crippen LogP contribution is 2.40. The first-order valence-corrected chi connectivity index (χ1v) is 7.91. The summed E-state index contributed by atoms with van der Waals surface area (Å²) in [5.41, 5.74) is -2.76. The van der Waals surface area contributed by atoms with E-state index in [1.807, 2.05) is 6.92 Å². The average molecular weight is 328 g/mol. The van der Waals surface area contributed by atoms with Crippen molar-refractivity contribution >= 4 is 5.97 Å². The van der Waals surface area contributed by atoms with E-state index in [0.717, 1.165) is 19.8 Å². The smallest absolute Gasteiger partial charge is 0.308 e. The number of halogens is 4. The maximum atomic E-state index is 14.2. The minimum Gasteiger partial charge on any atom is -0.465 e. The zero-order chi connectivity index (χ0) is 17.4. The van der Waals surface area contributed by atoms with Crippen LogP contribution in [0.4, 0.5) is 17.6 Å². The van der Waals surface area contributed by atoms with E-state index in [-0.39, 0.29) is 19.4 Å². The molecule has 0 aliphatic carbocycles. The van der Waals surface area contributed by atoms with Crippen LogP contribution in [-0.2, 0) is 9.53 Å². The van der Waals surface area contributed by atoms with Gasteiger partial charge in [0.15, 0.2) is 5.67 Å². The van der Waals surface area contributed by atoms with Gasteiger partial charge in [-0.15, -0.1) is 0 Å². The van der Waals surface area contributed by atoms with E-state index in [4.69, 9.17) is 4.74 Å². The lowest BCUT2D eigenvalue weighted by molar-refractivity contribution is -0.153. The molecule has 3 unspecified atom stereocenters. The van der Waals surface area contributed by atoms with Gasteiger partial charge in [0.05, 0.1) is 18.7 Å². The Morgan fingerprint density at radius 3 is 2.23 bits per heavy atom. The molecule has 0 aliphatic heterocycles. The molecule has 0 aromatic rings. The standard InChI is InChI=1S/C16H28F4O2/c1-5-6-11-22-14(21)12(2)7-9-15(4,18)16(19,20)10-8-13(3)17/h12-13H,5-11H2,1-4H3. The predicted molar refractivity (Wildman–Crippen MR) is 78.5 cm³/mol. The first-order valence-electron chi connectivity index (χ1n) is 7.91. The van der Waals surface area contributed by atoms with Gasteiger partial charge >= 0.3 is 5.97 Å². The molecular formula is C16H28F4O2. The summed E-state index contributed by atoms with van der Waals surface area (Å²) in [5.74, 6) is -4.74. The summed E-state index contributed by atoms with van der Waals surface area (Å²) in [6.45, 7) is 5.75. The molecule has 0 spiro atoms. The van der Waals surface area contributed by atoms with Gasteiger partial charge in [-0.05, 0) is 39.5 Å². The molecule has 0 aliphatic rings. The second-order valence-corrected chi connectivity index (χ2v) is 6.18. The second kappa shape index (κ2) is 9.36. The molecule has 0 radical (unpaired) electrons. The van der Waals surface area contributed by atoms with Crippen molar-refractivity contribution in [2.45, 2.75) is 84.0 Å². The van der Waals surface area contributed by atoms with E-state index >= 15 is 0 Å². The third-order valence-electron chi connectivity index (χ3n) is 3.81. The third-order valence-corrected chi connectivity index (χ3v) is 3.81. The molecule has 0 N–H and O–H groups in total. The highest BCUT2D eigenvalue weighted by atomic mass is 19.3. The Bertz CT molecular complexity index is 330. The van der Waals surface area contributed by atoms with Gasteiger partial charge in [0.2, 0.25) is 0 Å². The Morgan fingerprint density at radius 2 is 1.73 bits per heavy atom. The van der Waals surface area contributed by atoms with Gasteiger partial charge in [-0.3, -0.25) is 4.79 Å². The first kappa shape index (κ1) is 21.2. The Hall–Kier alpha value is -0.810. The third kappa shape index (κ3) is 7.45. The zero-order valence-electron chi connectivity index (χ0n) is 13.9. The van der Waals surface area contributed by atoms with Gasteiger partial charge in [0.1, 0.15) is 0 Å². The number of esters is 1. The van der Waals surface area contributed by atoms with Gasteiger partial charge in [-0.25, -0.2) is 17.6 Å². The van der Waals surface area contributed by atoms with Crippen molar-refractivity contribution in [2.75, 3.05) is 6.61 Å². The van der Waals surface area contributed by atoms with E-state index < -0.39 is 42.5 Å². The highest BCUT2D eigenvalue weighted by Gasteiger charge is 2.50. The fraction of sp³-hybridized carbons (Fsp3) is 0.938. The molecule has 132 valence electrons. The van der Waals surface area contributed by atoms with Crippen molar-refractivity contribution in [1.29, 1.82) is 0 Å². The number of carbonyl (C=O) groups excluding carboxylic acids is 1. The first-order chi connectivity index (χ1) is 10.0. The van der Waals surface area contributed by atoms with Crippen LogP contribution in [0.3, 0.4) is 0 Å². The minimum absolute atomic E-state index is 0.0290. The lowest BCUT2D eigenvalue weighted by Crippen LogP contribution is -2.42. The molecule has 6 heteroatoms. The van der Waals surface area contributed by atoms with Crippen LogP contribution in [0.5, 0.6) is 0 Å². The summed E-state index contributed by atoms with van der Waals surface area (Å²) in [6.07, 6.45) is -1.51. The lowest BCUT2D eigenvalue weighted by Gasteiger charge is -2.31. The normalized spacial score (nSPS) is 17.6. The van der Waals surface area contributed by atoms with Gasteiger partial charge < -0.3 is 4.74 Å². The average Bonchev–Trinajstić information content (AvgIpc) is 2.42. The molecule has 0 aromatic heterocycles. The summed E-state index contributed by atoms with van der Waals surface area (Å²) < 4.78 is 59.5. The molecule has 0 saturated heterocycles. The van der Waals surface area contributed by atoms with Crippen LogP contribution in [0.1, 0.15) is 66.2 Å². The maximum absolute atomic E-state index is 14.2. The molecule has 0 rings (SSSR count). The van der Waals surface area contributed by atoms with Crippen molar-refractivity contribution in [1.82, 2.24) is 0 Å². The summed E-state index contributed by atoms with van der Waals surface area (Å²) in [7, 11) is 0.